The SMILES string of the molecule is Cc1cc(N=Cc2c(O)[nH]c3cccc(F)c23)ccc1N1CCCC(C(=O)O)C1. The van der Waals surface area contributed by atoms with Crippen LogP contribution >= 0.6 is 0 Å². The van der Waals surface area contributed by atoms with Gasteiger partial charge in [0.1, 0.15) is 5.82 Å². The highest BCUT2D eigenvalue weighted by Crippen LogP contribution is 2.31. The molecule has 1 atom stereocenters. The van der Waals surface area contributed by atoms with Crippen LogP contribution in [-0.4, -0.2) is 40.5 Å². The number of carbonyl (C=O) groups is 1. The highest BCUT2D eigenvalue weighted by atomic mass is 19.1. The van der Waals surface area contributed by atoms with E-state index in [0.29, 0.717) is 35.1 Å². The number of piperidine rings is 1. The highest BCUT2D eigenvalue weighted by Gasteiger charge is 2.26. The number of hydrogen-bond donors (Lipinski definition) is 3. The van der Waals surface area contributed by atoms with E-state index in [4.69, 9.17) is 0 Å². The molecule has 3 N–H and O–H groups in total. The number of aromatic hydroxyl groups is 1. The van der Waals surface area contributed by atoms with Gasteiger partial charge in [0, 0.05) is 30.4 Å². The molecule has 29 heavy (non-hydrogen) atoms. The zero-order valence-electron chi connectivity index (χ0n) is 16.0. The second-order valence-corrected chi connectivity index (χ2v) is 7.40. The van der Waals surface area contributed by atoms with E-state index in [0.717, 1.165) is 24.2 Å². The largest absolute Gasteiger partial charge is 0.494 e. The number of aliphatic carboxylic acids is 1. The average Bonchev–Trinajstić information content (AvgIpc) is 3.03. The van der Waals surface area contributed by atoms with Gasteiger partial charge in [-0.05, 0) is 55.7 Å². The molecule has 0 aliphatic carbocycles. The third kappa shape index (κ3) is 3.68. The van der Waals surface area contributed by atoms with Gasteiger partial charge in [0.15, 0.2) is 5.88 Å². The summed E-state index contributed by atoms with van der Waals surface area (Å²) < 4.78 is 14.2. The minimum absolute atomic E-state index is 0.129. The van der Waals surface area contributed by atoms with E-state index in [1.54, 1.807) is 12.1 Å². The number of halogens is 1. The molecule has 0 radical (unpaired) electrons. The highest BCUT2D eigenvalue weighted by molar-refractivity contribution is 6.02. The Morgan fingerprint density at radius 1 is 1.34 bits per heavy atom. The minimum Gasteiger partial charge on any atom is -0.494 e. The van der Waals surface area contributed by atoms with Crippen molar-refractivity contribution in [3.8, 4) is 5.88 Å². The van der Waals surface area contributed by atoms with Gasteiger partial charge in [-0.1, -0.05) is 6.07 Å². The van der Waals surface area contributed by atoms with Gasteiger partial charge >= 0.3 is 5.97 Å². The molecular weight excluding hydrogens is 373 g/mol. The molecule has 0 bridgehead atoms. The van der Waals surface area contributed by atoms with E-state index in [1.807, 2.05) is 25.1 Å². The van der Waals surface area contributed by atoms with Crippen molar-refractivity contribution < 1.29 is 19.4 Å². The molecule has 0 saturated carbocycles. The summed E-state index contributed by atoms with van der Waals surface area (Å²) in [6, 6.07) is 10.3. The van der Waals surface area contributed by atoms with Gasteiger partial charge in [0.05, 0.1) is 22.7 Å². The third-order valence-electron chi connectivity index (χ3n) is 5.43. The van der Waals surface area contributed by atoms with Crippen LogP contribution in [0, 0.1) is 18.7 Å². The first kappa shape index (κ1) is 19.0. The molecule has 4 rings (SSSR count). The topological polar surface area (TPSA) is 88.9 Å². The molecule has 1 aromatic heterocycles. The summed E-state index contributed by atoms with van der Waals surface area (Å²) in [4.78, 5) is 20.6. The zero-order valence-corrected chi connectivity index (χ0v) is 16.0. The molecule has 1 unspecified atom stereocenters. The van der Waals surface area contributed by atoms with Crippen molar-refractivity contribution in [1.82, 2.24) is 4.98 Å². The van der Waals surface area contributed by atoms with Crippen LogP contribution < -0.4 is 4.90 Å². The zero-order chi connectivity index (χ0) is 20.5. The van der Waals surface area contributed by atoms with Crippen molar-refractivity contribution in [1.29, 1.82) is 0 Å². The molecule has 1 aliphatic rings. The van der Waals surface area contributed by atoms with Crippen LogP contribution in [0.25, 0.3) is 10.9 Å². The Bertz CT molecular complexity index is 1110. The van der Waals surface area contributed by atoms with Gasteiger partial charge < -0.3 is 20.1 Å². The summed E-state index contributed by atoms with van der Waals surface area (Å²) in [7, 11) is 0. The summed E-state index contributed by atoms with van der Waals surface area (Å²) in [6.45, 7) is 3.29. The number of aliphatic imine (C=N–C) groups is 1. The number of fused-ring (bicyclic) bond motifs is 1. The van der Waals surface area contributed by atoms with Crippen molar-refractivity contribution in [2.45, 2.75) is 19.8 Å². The maximum atomic E-state index is 14.2. The third-order valence-corrected chi connectivity index (χ3v) is 5.43. The molecule has 150 valence electrons. The van der Waals surface area contributed by atoms with Crippen molar-refractivity contribution in [3.63, 3.8) is 0 Å². The number of aromatic nitrogens is 1. The van der Waals surface area contributed by atoms with E-state index >= 15 is 0 Å². The number of aromatic amines is 1. The van der Waals surface area contributed by atoms with Crippen LogP contribution in [0.3, 0.4) is 0 Å². The predicted molar refractivity (Wildman–Crippen MR) is 111 cm³/mol. The monoisotopic (exact) mass is 395 g/mol. The molecular formula is C22H22FN3O3. The second kappa shape index (κ2) is 7.58. The minimum atomic E-state index is -0.751. The van der Waals surface area contributed by atoms with Crippen LogP contribution in [0.4, 0.5) is 15.8 Å². The first-order chi connectivity index (χ1) is 13.9. The lowest BCUT2D eigenvalue weighted by atomic mass is 9.97. The maximum absolute atomic E-state index is 14.2. The Kier molecular flexibility index (Phi) is 4.96. The van der Waals surface area contributed by atoms with Gasteiger partial charge in [-0.25, -0.2) is 4.39 Å². The van der Waals surface area contributed by atoms with Crippen LogP contribution in [0.2, 0.25) is 0 Å². The lowest BCUT2D eigenvalue weighted by Gasteiger charge is -2.33. The number of hydrogen-bond acceptors (Lipinski definition) is 4. The van der Waals surface area contributed by atoms with E-state index in [9.17, 15) is 19.4 Å². The normalized spacial score (nSPS) is 17.3. The number of carboxylic acid groups (broad SMARTS) is 1. The molecule has 3 aromatic rings. The van der Waals surface area contributed by atoms with Crippen molar-refractivity contribution in [2.24, 2.45) is 10.9 Å². The Labute approximate surface area is 167 Å². The number of nitrogens with zero attached hydrogens (tertiary/aromatic N) is 2. The van der Waals surface area contributed by atoms with Crippen molar-refractivity contribution >= 4 is 34.5 Å². The maximum Gasteiger partial charge on any atom is 0.308 e. The molecule has 6 nitrogen and oxygen atoms in total. The van der Waals surface area contributed by atoms with E-state index < -0.39 is 11.8 Å². The summed E-state index contributed by atoms with van der Waals surface area (Å²) in [5.41, 5.74) is 3.47. The Morgan fingerprint density at radius 2 is 2.17 bits per heavy atom. The van der Waals surface area contributed by atoms with Crippen LogP contribution in [0.5, 0.6) is 5.88 Å². The predicted octanol–water partition coefficient (Wildman–Crippen LogP) is 4.37. The fourth-order valence-electron chi connectivity index (χ4n) is 3.95. The standard InChI is InChI=1S/C22H22FN3O3/c1-13-10-15(7-8-19(13)26-9-3-4-14(12-26)22(28)29)24-11-16-20-17(23)5-2-6-18(20)25-21(16)27/h2,5-8,10-11,14,25,27H,3-4,9,12H2,1H3,(H,28,29). The number of carboxylic acids is 1. The Balaban J connectivity index is 1.59. The van der Waals surface area contributed by atoms with E-state index in [1.165, 1.54) is 12.3 Å². The quantitative estimate of drug-likeness (QED) is 0.572. The number of benzene rings is 2. The number of rotatable bonds is 4. The average molecular weight is 395 g/mol. The van der Waals surface area contributed by atoms with Gasteiger partial charge in [-0.2, -0.15) is 0 Å². The molecule has 7 heteroatoms. The number of aryl methyl sites for hydroxylation is 1. The fourth-order valence-corrected chi connectivity index (χ4v) is 3.95. The summed E-state index contributed by atoms with van der Waals surface area (Å²) in [6.07, 6.45) is 3.01. The van der Waals surface area contributed by atoms with Gasteiger partial charge in [-0.3, -0.25) is 9.79 Å². The molecule has 1 aliphatic heterocycles. The molecule has 0 amide bonds. The molecule has 1 fully saturated rings. The lowest BCUT2D eigenvalue weighted by Crippen LogP contribution is -2.39. The Hall–Kier alpha value is -3.35. The van der Waals surface area contributed by atoms with Gasteiger partial charge in [0.25, 0.3) is 0 Å². The summed E-state index contributed by atoms with van der Waals surface area (Å²) >= 11 is 0. The first-order valence-electron chi connectivity index (χ1n) is 9.55. The van der Waals surface area contributed by atoms with Gasteiger partial charge in [-0.15, -0.1) is 0 Å². The summed E-state index contributed by atoms with van der Waals surface area (Å²) in [5.74, 6) is -1.65. The number of H-pyrrole nitrogens is 1. The second-order valence-electron chi connectivity index (χ2n) is 7.40. The van der Waals surface area contributed by atoms with Crippen LogP contribution in [0.15, 0.2) is 41.4 Å². The van der Waals surface area contributed by atoms with Crippen LogP contribution in [-0.2, 0) is 4.79 Å². The first-order valence-corrected chi connectivity index (χ1v) is 9.55. The fraction of sp³-hybridized carbons (Fsp3) is 0.273. The van der Waals surface area contributed by atoms with Gasteiger partial charge in [0.2, 0.25) is 0 Å². The molecule has 2 aromatic carbocycles. The summed E-state index contributed by atoms with van der Waals surface area (Å²) in [5, 5.41) is 19.7. The number of anilines is 1. The molecule has 0 spiro atoms. The number of nitrogens with one attached hydrogen (secondary N) is 1. The van der Waals surface area contributed by atoms with Crippen LogP contribution in [0.1, 0.15) is 24.0 Å². The van der Waals surface area contributed by atoms with Crippen molar-refractivity contribution in [3.05, 3.63) is 53.3 Å². The molecule has 1 saturated heterocycles. The smallest absolute Gasteiger partial charge is 0.308 e. The lowest BCUT2D eigenvalue weighted by molar-refractivity contribution is -0.141. The Morgan fingerprint density at radius 3 is 2.93 bits per heavy atom. The van der Waals surface area contributed by atoms with Crippen molar-refractivity contribution in [2.75, 3.05) is 18.0 Å². The van der Waals surface area contributed by atoms with E-state index in [2.05, 4.69) is 14.9 Å². The van der Waals surface area contributed by atoms with E-state index in [-0.39, 0.29) is 11.8 Å². The molecule has 2 heterocycles.